The third-order valence-corrected chi connectivity index (χ3v) is 12.4. The summed E-state index contributed by atoms with van der Waals surface area (Å²) in [7, 11) is 0. The van der Waals surface area contributed by atoms with E-state index in [0.29, 0.717) is 17.6 Å². The van der Waals surface area contributed by atoms with Crippen molar-refractivity contribution in [2.24, 2.45) is 0 Å². The topological polar surface area (TPSA) is 48.5 Å². The van der Waals surface area contributed by atoms with E-state index in [-0.39, 0.29) is 10.8 Å². The zero-order chi connectivity index (χ0) is 37.8. The predicted molar refractivity (Wildman–Crippen MR) is 232 cm³/mol. The first-order chi connectivity index (χ1) is 27.3. The van der Waals surface area contributed by atoms with Crippen LogP contribution in [-0.2, 0) is 10.8 Å². The van der Waals surface area contributed by atoms with E-state index in [1.807, 2.05) is 36.4 Å². The smallest absolute Gasteiger partial charge is 0.238 e. The monoisotopic (exact) mass is 723 g/mol. The maximum Gasteiger partial charge on any atom is 0.238 e. The number of aromatic nitrogens is 5. The molecule has 0 amide bonds. The van der Waals surface area contributed by atoms with E-state index in [0.717, 1.165) is 43.8 Å². The van der Waals surface area contributed by atoms with Crippen LogP contribution in [0.25, 0.3) is 88.8 Å². The van der Waals surface area contributed by atoms with Gasteiger partial charge in [0.05, 0.1) is 22.1 Å². The Morgan fingerprint density at radius 1 is 0.446 bits per heavy atom. The summed E-state index contributed by atoms with van der Waals surface area (Å²) >= 11 is 0. The van der Waals surface area contributed by atoms with Gasteiger partial charge in [0.2, 0.25) is 5.95 Å². The van der Waals surface area contributed by atoms with Crippen LogP contribution in [0.3, 0.4) is 0 Å². The van der Waals surface area contributed by atoms with Crippen LogP contribution in [0.4, 0.5) is 0 Å². The van der Waals surface area contributed by atoms with Gasteiger partial charge in [0.25, 0.3) is 0 Å². The molecule has 5 heteroatoms. The second-order valence-corrected chi connectivity index (χ2v) is 16.7. The van der Waals surface area contributed by atoms with E-state index in [2.05, 4.69) is 152 Å². The Balaban J connectivity index is 1.30. The zero-order valence-electron chi connectivity index (χ0n) is 32.1. The van der Waals surface area contributed by atoms with Crippen LogP contribution >= 0.6 is 0 Å². The standard InChI is InChI=1S/C51H41N5/c1-50(2)29-30-51(3,4)41-31-35(24-27-40(41)50)55-42-22-14-13-21-39(42)44-43(55)28-26-38-37-25-23-32-15-11-12-20-36(32)45(37)56(46(38)44)49-53-47(33-16-7-5-8-17-33)52-48(54-49)34-18-9-6-10-19-34/h5-28,31H,29-30H2,1-4H3. The minimum Gasteiger partial charge on any atom is -0.309 e. The molecule has 0 bridgehead atoms. The predicted octanol–water partition coefficient (Wildman–Crippen LogP) is 12.9. The van der Waals surface area contributed by atoms with E-state index in [9.17, 15) is 0 Å². The molecular weight excluding hydrogens is 683 g/mol. The number of rotatable bonds is 4. The summed E-state index contributed by atoms with van der Waals surface area (Å²) in [5.74, 6) is 1.87. The molecule has 11 rings (SSSR count). The first-order valence-corrected chi connectivity index (χ1v) is 19.7. The lowest BCUT2D eigenvalue weighted by Crippen LogP contribution is -2.33. The lowest BCUT2D eigenvalue weighted by atomic mass is 9.63. The van der Waals surface area contributed by atoms with Crippen molar-refractivity contribution in [2.75, 3.05) is 0 Å². The third kappa shape index (κ3) is 4.83. The van der Waals surface area contributed by atoms with Crippen molar-refractivity contribution in [3.63, 3.8) is 0 Å². The van der Waals surface area contributed by atoms with Gasteiger partial charge in [-0.25, -0.2) is 4.98 Å². The summed E-state index contributed by atoms with van der Waals surface area (Å²) in [4.78, 5) is 15.8. The number of nitrogens with zero attached hydrogens (tertiary/aromatic N) is 5. The summed E-state index contributed by atoms with van der Waals surface area (Å²) in [6.07, 6.45) is 2.36. The molecule has 0 aliphatic heterocycles. The molecule has 0 fully saturated rings. The average molecular weight is 724 g/mol. The quantitative estimate of drug-likeness (QED) is 0.182. The Labute approximate surface area is 325 Å². The summed E-state index contributed by atoms with van der Waals surface area (Å²) in [6, 6.07) is 54.4. The van der Waals surface area contributed by atoms with Gasteiger partial charge < -0.3 is 4.57 Å². The van der Waals surface area contributed by atoms with Crippen LogP contribution in [0.2, 0.25) is 0 Å². The fraction of sp³-hybridized carbons (Fsp3) is 0.157. The highest BCUT2D eigenvalue weighted by Gasteiger charge is 2.37. The van der Waals surface area contributed by atoms with Crippen molar-refractivity contribution in [1.82, 2.24) is 24.1 Å². The van der Waals surface area contributed by atoms with Crippen molar-refractivity contribution in [3.05, 3.63) is 163 Å². The van der Waals surface area contributed by atoms with Crippen LogP contribution in [0.15, 0.2) is 152 Å². The molecule has 0 saturated carbocycles. The van der Waals surface area contributed by atoms with Crippen molar-refractivity contribution in [2.45, 2.75) is 51.4 Å². The highest BCUT2D eigenvalue weighted by atomic mass is 15.2. The largest absolute Gasteiger partial charge is 0.309 e. The van der Waals surface area contributed by atoms with Crippen molar-refractivity contribution < 1.29 is 0 Å². The number of hydrogen-bond acceptors (Lipinski definition) is 3. The SMILES string of the molecule is CC1(C)CCC(C)(C)c2cc(-n3c4ccccc4c4c3ccc3c5ccc6ccccc6c5n(-c5nc(-c6ccccc6)nc(-c6ccccc6)n5)c34)ccc21. The molecule has 0 unspecified atom stereocenters. The molecule has 1 aliphatic rings. The van der Waals surface area contributed by atoms with Crippen LogP contribution < -0.4 is 0 Å². The number of hydrogen-bond donors (Lipinski definition) is 0. The maximum atomic E-state index is 5.34. The molecule has 0 radical (unpaired) electrons. The minimum absolute atomic E-state index is 0.0893. The molecule has 56 heavy (non-hydrogen) atoms. The number of benzene rings is 7. The second-order valence-electron chi connectivity index (χ2n) is 16.7. The molecule has 3 heterocycles. The molecule has 270 valence electrons. The third-order valence-electron chi connectivity index (χ3n) is 12.4. The average Bonchev–Trinajstić information content (AvgIpc) is 3.76. The molecular formula is C51H41N5. The van der Waals surface area contributed by atoms with Gasteiger partial charge in [0.1, 0.15) is 0 Å². The maximum absolute atomic E-state index is 5.34. The Morgan fingerprint density at radius 2 is 1.04 bits per heavy atom. The van der Waals surface area contributed by atoms with Crippen molar-refractivity contribution in [1.29, 1.82) is 0 Å². The Hall–Kier alpha value is -6.59. The summed E-state index contributed by atoms with van der Waals surface area (Å²) in [5, 5.41) is 7.03. The van der Waals surface area contributed by atoms with Gasteiger partial charge in [-0.1, -0.05) is 155 Å². The van der Waals surface area contributed by atoms with E-state index >= 15 is 0 Å². The molecule has 0 saturated heterocycles. The summed E-state index contributed by atoms with van der Waals surface area (Å²) < 4.78 is 4.80. The fourth-order valence-corrected chi connectivity index (χ4v) is 9.41. The normalized spacial score (nSPS) is 14.9. The van der Waals surface area contributed by atoms with Crippen LogP contribution in [0.5, 0.6) is 0 Å². The molecule has 1 aliphatic carbocycles. The highest BCUT2D eigenvalue weighted by Crippen LogP contribution is 2.48. The highest BCUT2D eigenvalue weighted by molar-refractivity contribution is 6.28. The summed E-state index contributed by atoms with van der Waals surface area (Å²) in [6.45, 7) is 9.61. The fourth-order valence-electron chi connectivity index (χ4n) is 9.41. The van der Waals surface area contributed by atoms with Crippen molar-refractivity contribution in [3.8, 4) is 34.4 Å². The Morgan fingerprint density at radius 3 is 1.75 bits per heavy atom. The minimum atomic E-state index is 0.0893. The van der Waals surface area contributed by atoms with Crippen molar-refractivity contribution >= 4 is 54.4 Å². The summed E-state index contributed by atoms with van der Waals surface area (Å²) in [5.41, 5.74) is 10.7. The number of para-hydroxylation sites is 1. The molecule has 3 aromatic heterocycles. The molecule has 7 aromatic carbocycles. The van der Waals surface area contributed by atoms with E-state index in [1.54, 1.807) is 0 Å². The Bertz CT molecular complexity index is 3130. The van der Waals surface area contributed by atoms with E-state index < -0.39 is 0 Å². The van der Waals surface area contributed by atoms with Gasteiger partial charge in [0, 0.05) is 43.7 Å². The first kappa shape index (κ1) is 32.8. The van der Waals surface area contributed by atoms with E-state index in [1.165, 1.54) is 51.3 Å². The van der Waals surface area contributed by atoms with E-state index in [4.69, 9.17) is 15.0 Å². The van der Waals surface area contributed by atoms with Gasteiger partial charge >= 0.3 is 0 Å². The van der Waals surface area contributed by atoms with Gasteiger partial charge in [-0.2, -0.15) is 9.97 Å². The lowest BCUT2D eigenvalue weighted by Gasteiger charge is -2.42. The zero-order valence-corrected chi connectivity index (χ0v) is 32.1. The molecule has 0 atom stereocenters. The molecule has 0 spiro atoms. The van der Waals surface area contributed by atoms with Crippen LogP contribution in [0, 0.1) is 0 Å². The lowest BCUT2D eigenvalue weighted by molar-refractivity contribution is 0.332. The Kier molecular flexibility index (Phi) is 7.00. The molecule has 0 N–H and O–H groups in total. The first-order valence-electron chi connectivity index (χ1n) is 19.7. The molecule has 10 aromatic rings. The van der Waals surface area contributed by atoms with Crippen LogP contribution in [0.1, 0.15) is 51.7 Å². The van der Waals surface area contributed by atoms with Gasteiger partial charge in [-0.15, -0.1) is 0 Å². The number of fused-ring (bicyclic) bond motifs is 10. The second kappa shape index (κ2) is 12.0. The molecule has 5 nitrogen and oxygen atoms in total. The van der Waals surface area contributed by atoms with Crippen LogP contribution in [-0.4, -0.2) is 24.1 Å². The van der Waals surface area contributed by atoms with Gasteiger partial charge in [-0.05, 0) is 64.5 Å². The van der Waals surface area contributed by atoms with Gasteiger partial charge in [-0.3, -0.25) is 4.57 Å². The van der Waals surface area contributed by atoms with Gasteiger partial charge in [0.15, 0.2) is 11.6 Å².